The van der Waals surface area contributed by atoms with Gasteiger partial charge in [-0.15, -0.1) is 10.2 Å². The zero-order valence-electron chi connectivity index (χ0n) is 17.2. The monoisotopic (exact) mass is 439 g/mol. The fourth-order valence-electron chi connectivity index (χ4n) is 3.22. The van der Waals surface area contributed by atoms with E-state index >= 15 is 0 Å². The molecule has 0 unspecified atom stereocenters. The van der Waals surface area contributed by atoms with Gasteiger partial charge in [0.05, 0.1) is 11.0 Å². The number of fused-ring (bicyclic) bond motifs is 3. The SMILES string of the molecule is Cc1nnc2c(NCCCCCC(=O)[C@@H](O)C(C)C)nc3cc(F)c(F)cc3n12.S. The van der Waals surface area contributed by atoms with Gasteiger partial charge in [-0.25, -0.2) is 13.8 Å². The highest BCUT2D eigenvalue weighted by Gasteiger charge is 2.18. The first-order valence-electron chi connectivity index (χ1n) is 9.74. The minimum Gasteiger partial charge on any atom is -0.385 e. The van der Waals surface area contributed by atoms with Crippen molar-refractivity contribution in [3.8, 4) is 0 Å². The summed E-state index contributed by atoms with van der Waals surface area (Å²) >= 11 is 0. The van der Waals surface area contributed by atoms with E-state index in [-0.39, 0.29) is 25.2 Å². The van der Waals surface area contributed by atoms with Crippen LogP contribution in [0, 0.1) is 24.5 Å². The fraction of sp³-hybridized carbons (Fsp3) is 0.500. The first-order valence-corrected chi connectivity index (χ1v) is 9.74. The largest absolute Gasteiger partial charge is 0.385 e. The maximum absolute atomic E-state index is 13.7. The van der Waals surface area contributed by atoms with E-state index in [0.717, 1.165) is 25.0 Å². The van der Waals surface area contributed by atoms with Crippen molar-refractivity contribution >= 4 is 41.8 Å². The smallest absolute Gasteiger partial charge is 0.204 e. The van der Waals surface area contributed by atoms with Crippen molar-refractivity contribution < 1.29 is 18.7 Å². The topological polar surface area (TPSA) is 92.4 Å². The highest BCUT2D eigenvalue weighted by molar-refractivity contribution is 7.59. The molecule has 0 fully saturated rings. The van der Waals surface area contributed by atoms with Crippen molar-refractivity contribution in [2.24, 2.45) is 5.92 Å². The number of unbranched alkanes of at least 4 members (excludes halogenated alkanes) is 2. The Hall–Kier alpha value is -2.33. The second-order valence-electron chi connectivity index (χ2n) is 7.51. The number of hydrogen-bond donors (Lipinski definition) is 2. The van der Waals surface area contributed by atoms with Crippen LogP contribution in [-0.2, 0) is 4.79 Å². The van der Waals surface area contributed by atoms with Crippen LogP contribution in [0.15, 0.2) is 12.1 Å². The molecule has 0 spiro atoms. The van der Waals surface area contributed by atoms with Crippen LogP contribution in [0.5, 0.6) is 0 Å². The number of aromatic nitrogens is 4. The summed E-state index contributed by atoms with van der Waals surface area (Å²) in [6.07, 6.45) is 1.73. The van der Waals surface area contributed by atoms with Gasteiger partial charge in [-0.3, -0.25) is 9.20 Å². The number of carbonyl (C=O) groups excluding carboxylic acids is 1. The molecule has 2 heterocycles. The quantitative estimate of drug-likeness (QED) is 0.496. The second-order valence-corrected chi connectivity index (χ2v) is 7.51. The van der Waals surface area contributed by atoms with Gasteiger partial charge in [-0.2, -0.15) is 13.5 Å². The molecule has 0 saturated heterocycles. The Morgan fingerprint density at radius 2 is 1.87 bits per heavy atom. The summed E-state index contributed by atoms with van der Waals surface area (Å²) in [6, 6.07) is 2.15. The molecule has 7 nitrogen and oxygen atoms in total. The van der Waals surface area contributed by atoms with Crippen LogP contribution in [0.3, 0.4) is 0 Å². The van der Waals surface area contributed by atoms with Crippen molar-refractivity contribution in [1.82, 2.24) is 19.6 Å². The number of aliphatic hydroxyl groups excluding tert-OH is 1. The number of hydrogen-bond acceptors (Lipinski definition) is 6. The molecule has 10 heteroatoms. The molecule has 164 valence electrons. The lowest BCUT2D eigenvalue weighted by Crippen LogP contribution is -2.25. The van der Waals surface area contributed by atoms with Gasteiger partial charge in [0.25, 0.3) is 0 Å². The van der Waals surface area contributed by atoms with Crippen LogP contribution < -0.4 is 5.32 Å². The van der Waals surface area contributed by atoms with Crippen LogP contribution in [-0.4, -0.2) is 43.1 Å². The number of nitrogens with zero attached hydrogens (tertiary/aromatic N) is 4. The molecule has 0 saturated carbocycles. The van der Waals surface area contributed by atoms with Crippen molar-refractivity contribution in [3.63, 3.8) is 0 Å². The van der Waals surface area contributed by atoms with Gasteiger partial charge >= 0.3 is 0 Å². The van der Waals surface area contributed by atoms with Gasteiger partial charge in [-0.05, 0) is 25.7 Å². The molecular weight excluding hydrogens is 412 g/mol. The average Bonchev–Trinajstić information content (AvgIpc) is 3.07. The molecule has 2 aromatic heterocycles. The standard InChI is InChI=1S/C20H25F2N5O2.H2S/c1-11(2)18(29)17(28)7-5-4-6-8-23-19-20-26-25-12(3)27(20)16-10-14(22)13(21)9-15(16)24-19;/h9-11,18,29H,4-8H2,1-3H3,(H,23,24);1H2/t18-;/m0./s1. The molecule has 3 rings (SSSR count). The number of Topliss-reactive ketones (excluding diaryl/α,β-unsaturated/α-hetero) is 1. The summed E-state index contributed by atoms with van der Waals surface area (Å²) in [5.41, 5.74) is 1.14. The van der Waals surface area contributed by atoms with Gasteiger partial charge in [0, 0.05) is 25.1 Å². The van der Waals surface area contributed by atoms with Gasteiger partial charge in [0.15, 0.2) is 23.2 Å². The Balaban J connectivity index is 0.00000320. The second kappa shape index (κ2) is 10.1. The third-order valence-electron chi connectivity index (χ3n) is 4.88. The maximum Gasteiger partial charge on any atom is 0.204 e. The molecule has 0 radical (unpaired) electrons. The van der Waals surface area contributed by atoms with E-state index in [2.05, 4.69) is 20.5 Å². The van der Waals surface area contributed by atoms with Crippen LogP contribution in [0.4, 0.5) is 14.6 Å². The number of anilines is 1. The van der Waals surface area contributed by atoms with E-state index in [0.29, 0.717) is 47.7 Å². The highest BCUT2D eigenvalue weighted by Crippen LogP contribution is 2.24. The number of aliphatic hydroxyl groups is 1. The van der Waals surface area contributed by atoms with E-state index in [9.17, 15) is 18.7 Å². The van der Waals surface area contributed by atoms with Gasteiger partial charge in [0.1, 0.15) is 11.9 Å². The van der Waals surface area contributed by atoms with Crippen molar-refractivity contribution in [2.75, 3.05) is 11.9 Å². The van der Waals surface area contributed by atoms with Crippen LogP contribution >= 0.6 is 13.5 Å². The van der Waals surface area contributed by atoms with Gasteiger partial charge in [-0.1, -0.05) is 20.3 Å². The molecule has 2 N–H and O–H groups in total. The zero-order chi connectivity index (χ0) is 21.1. The summed E-state index contributed by atoms with van der Waals surface area (Å²) in [7, 11) is 0. The lowest BCUT2D eigenvalue weighted by molar-refractivity contribution is -0.129. The summed E-state index contributed by atoms with van der Waals surface area (Å²) in [5, 5.41) is 21.0. The van der Waals surface area contributed by atoms with E-state index in [1.54, 1.807) is 11.3 Å². The summed E-state index contributed by atoms with van der Waals surface area (Å²) in [5.74, 6) is -1.13. The first-order chi connectivity index (χ1) is 13.8. The number of halogens is 2. The Morgan fingerprint density at radius 1 is 1.17 bits per heavy atom. The van der Waals surface area contributed by atoms with E-state index in [1.807, 2.05) is 13.8 Å². The Bertz CT molecular complexity index is 1040. The van der Waals surface area contributed by atoms with Crippen LogP contribution in [0.25, 0.3) is 16.7 Å². The third kappa shape index (κ3) is 5.04. The minimum absolute atomic E-state index is 0. The zero-order valence-corrected chi connectivity index (χ0v) is 18.2. The van der Waals surface area contributed by atoms with Crippen molar-refractivity contribution in [2.45, 2.75) is 52.6 Å². The van der Waals surface area contributed by atoms with E-state index in [1.165, 1.54) is 0 Å². The first kappa shape index (κ1) is 23.9. The molecule has 30 heavy (non-hydrogen) atoms. The summed E-state index contributed by atoms with van der Waals surface area (Å²) < 4.78 is 29.0. The maximum atomic E-state index is 13.7. The molecule has 3 aromatic rings. The molecule has 1 atom stereocenters. The van der Waals surface area contributed by atoms with Gasteiger partial charge in [0.2, 0.25) is 5.65 Å². The Kier molecular flexibility index (Phi) is 8.08. The Morgan fingerprint density at radius 3 is 2.57 bits per heavy atom. The molecule has 0 aliphatic rings. The Labute approximate surface area is 180 Å². The van der Waals surface area contributed by atoms with Crippen molar-refractivity contribution in [1.29, 1.82) is 0 Å². The van der Waals surface area contributed by atoms with E-state index in [4.69, 9.17) is 0 Å². The molecule has 0 bridgehead atoms. The fourth-order valence-corrected chi connectivity index (χ4v) is 3.22. The molecule has 1 aromatic carbocycles. The summed E-state index contributed by atoms with van der Waals surface area (Å²) in [4.78, 5) is 16.2. The minimum atomic E-state index is -0.964. The average molecular weight is 440 g/mol. The third-order valence-corrected chi connectivity index (χ3v) is 4.88. The summed E-state index contributed by atoms with van der Waals surface area (Å²) in [6.45, 7) is 5.93. The van der Waals surface area contributed by atoms with Crippen molar-refractivity contribution in [3.05, 3.63) is 29.6 Å². The number of benzene rings is 1. The molecule has 0 amide bonds. The van der Waals surface area contributed by atoms with Gasteiger partial charge < -0.3 is 10.4 Å². The molecule has 0 aliphatic heterocycles. The highest BCUT2D eigenvalue weighted by atomic mass is 32.1. The molecular formula is C20H27F2N5O2S. The number of carbonyl (C=O) groups is 1. The predicted octanol–water partition coefficient (Wildman–Crippen LogP) is 3.54. The van der Waals surface area contributed by atoms with Crippen LogP contribution in [0.2, 0.25) is 0 Å². The number of rotatable bonds is 9. The lowest BCUT2D eigenvalue weighted by Gasteiger charge is -2.13. The number of ketones is 1. The molecule has 0 aliphatic carbocycles. The number of aryl methyl sites for hydroxylation is 1. The van der Waals surface area contributed by atoms with Crippen LogP contribution in [0.1, 0.15) is 45.4 Å². The lowest BCUT2D eigenvalue weighted by atomic mass is 9.99. The number of nitrogens with one attached hydrogen (secondary N) is 1. The predicted molar refractivity (Wildman–Crippen MR) is 116 cm³/mol. The normalized spacial score (nSPS) is 12.4. The van der Waals surface area contributed by atoms with E-state index < -0.39 is 17.7 Å².